The molecule has 0 unspecified atom stereocenters. The van der Waals surface area contributed by atoms with Gasteiger partial charge in [0.05, 0.1) is 12.3 Å². The lowest BCUT2D eigenvalue weighted by atomic mass is 10.3. The van der Waals surface area contributed by atoms with E-state index in [1.54, 1.807) is 0 Å². The van der Waals surface area contributed by atoms with Crippen molar-refractivity contribution in [1.82, 2.24) is 0 Å². The predicted molar refractivity (Wildman–Crippen MR) is 81.3 cm³/mol. The van der Waals surface area contributed by atoms with Crippen molar-refractivity contribution in [3.63, 3.8) is 0 Å². The lowest BCUT2D eigenvalue weighted by Crippen LogP contribution is -2.19. The molecule has 2 rings (SSSR count). The van der Waals surface area contributed by atoms with E-state index in [1.165, 1.54) is 0 Å². The zero-order valence-electron chi connectivity index (χ0n) is 11.4. The summed E-state index contributed by atoms with van der Waals surface area (Å²) in [5.74, 6) is 0.678. The normalized spacial score (nSPS) is 9.85. The van der Waals surface area contributed by atoms with Crippen LogP contribution in [0.4, 0.5) is 16.2 Å². The van der Waals surface area contributed by atoms with Crippen molar-refractivity contribution in [3.05, 3.63) is 54.6 Å². The van der Waals surface area contributed by atoms with Crippen LogP contribution < -0.4 is 15.4 Å². The monoisotopic (exact) mass is 270 g/mol. The fourth-order valence-electron chi connectivity index (χ4n) is 1.71. The van der Waals surface area contributed by atoms with Crippen LogP contribution in [0.2, 0.25) is 0 Å². The maximum Gasteiger partial charge on any atom is 0.323 e. The van der Waals surface area contributed by atoms with Crippen LogP contribution in [0.3, 0.4) is 0 Å². The highest BCUT2D eigenvalue weighted by Gasteiger charge is 2.07. The molecule has 0 fully saturated rings. The molecule has 2 aromatic carbocycles. The van der Waals surface area contributed by atoms with Gasteiger partial charge in [0.15, 0.2) is 0 Å². The van der Waals surface area contributed by atoms with Crippen LogP contribution in [0.1, 0.15) is 13.3 Å². The van der Waals surface area contributed by atoms with Crippen molar-refractivity contribution >= 4 is 17.4 Å². The van der Waals surface area contributed by atoms with E-state index in [0.29, 0.717) is 18.0 Å². The van der Waals surface area contributed by atoms with Crippen LogP contribution in [0.15, 0.2) is 54.6 Å². The summed E-state index contributed by atoms with van der Waals surface area (Å²) in [5.41, 5.74) is 1.41. The first kappa shape index (κ1) is 13.9. The summed E-state index contributed by atoms with van der Waals surface area (Å²) in [7, 11) is 0. The van der Waals surface area contributed by atoms with Gasteiger partial charge in [0.1, 0.15) is 5.75 Å². The van der Waals surface area contributed by atoms with E-state index < -0.39 is 0 Å². The van der Waals surface area contributed by atoms with Crippen LogP contribution in [-0.2, 0) is 0 Å². The van der Waals surface area contributed by atoms with Crippen molar-refractivity contribution in [2.24, 2.45) is 0 Å². The summed E-state index contributed by atoms with van der Waals surface area (Å²) in [6.07, 6.45) is 0.921. The van der Waals surface area contributed by atoms with Gasteiger partial charge in [-0.2, -0.15) is 0 Å². The largest absolute Gasteiger partial charge is 0.491 e. The number of urea groups is 1. The summed E-state index contributed by atoms with van der Waals surface area (Å²) >= 11 is 0. The predicted octanol–water partition coefficient (Wildman–Crippen LogP) is 4.12. The first-order valence-corrected chi connectivity index (χ1v) is 6.64. The molecule has 2 aromatic rings. The van der Waals surface area contributed by atoms with Gasteiger partial charge in [-0.05, 0) is 30.7 Å². The maximum absolute atomic E-state index is 11.9. The van der Waals surface area contributed by atoms with Gasteiger partial charge in [-0.3, -0.25) is 0 Å². The van der Waals surface area contributed by atoms with Gasteiger partial charge in [-0.1, -0.05) is 37.3 Å². The molecule has 0 heterocycles. The Labute approximate surface area is 118 Å². The fourth-order valence-corrected chi connectivity index (χ4v) is 1.71. The van der Waals surface area contributed by atoms with Crippen LogP contribution in [0.25, 0.3) is 0 Å². The van der Waals surface area contributed by atoms with Gasteiger partial charge in [-0.25, -0.2) is 4.79 Å². The van der Waals surface area contributed by atoms with Crippen LogP contribution in [0.5, 0.6) is 5.75 Å². The van der Waals surface area contributed by atoms with Crippen molar-refractivity contribution in [3.8, 4) is 5.75 Å². The van der Waals surface area contributed by atoms with E-state index in [9.17, 15) is 4.79 Å². The van der Waals surface area contributed by atoms with Gasteiger partial charge in [0.2, 0.25) is 0 Å². The number of rotatable bonds is 5. The Morgan fingerprint density at radius 3 is 2.45 bits per heavy atom. The first-order chi connectivity index (χ1) is 9.79. The molecule has 0 saturated carbocycles. The average Bonchev–Trinajstić information content (AvgIpc) is 2.47. The molecule has 0 spiro atoms. The minimum Gasteiger partial charge on any atom is -0.491 e. The number of hydrogen-bond donors (Lipinski definition) is 2. The van der Waals surface area contributed by atoms with Gasteiger partial charge in [0.25, 0.3) is 0 Å². The highest BCUT2D eigenvalue weighted by Crippen LogP contribution is 2.24. The SMILES string of the molecule is CCCOc1ccccc1NC(=O)Nc1ccccc1. The Bertz CT molecular complexity index is 555. The standard InChI is InChI=1S/C16H18N2O2/c1-2-12-20-15-11-7-6-10-14(15)18-16(19)17-13-8-4-3-5-9-13/h3-11H,2,12H2,1H3,(H2,17,18,19). The van der Waals surface area contributed by atoms with E-state index in [4.69, 9.17) is 4.74 Å². The molecule has 0 radical (unpaired) electrons. The molecule has 0 atom stereocenters. The van der Waals surface area contributed by atoms with Crippen molar-refractivity contribution in [2.45, 2.75) is 13.3 Å². The third kappa shape index (κ3) is 4.02. The van der Waals surface area contributed by atoms with Gasteiger partial charge < -0.3 is 15.4 Å². The summed E-state index contributed by atoms with van der Waals surface area (Å²) in [6, 6.07) is 16.4. The van der Waals surface area contributed by atoms with E-state index in [0.717, 1.165) is 12.1 Å². The Hall–Kier alpha value is -2.49. The number of para-hydroxylation sites is 3. The smallest absolute Gasteiger partial charge is 0.323 e. The summed E-state index contributed by atoms with van der Waals surface area (Å²) in [5, 5.41) is 5.56. The number of carbonyl (C=O) groups is 1. The van der Waals surface area contributed by atoms with E-state index in [2.05, 4.69) is 10.6 Å². The van der Waals surface area contributed by atoms with Gasteiger partial charge >= 0.3 is 6.03 Å². The molecule has 0 bridgehead atoms. The molecule has 104 valence electrons. The van der Waals surface area contributed by atoms with E-state index in [-0.39, 0.29) is 6.03 Å². The number of ether oxygens (including phenoxy) is 1. The molecule has 2 amide bonds. The second kappa shape index (κ2) is 7.19. The van der Waals surface area contributed by atoms with Gasteiger partial charge in [0, 0.05) is 5.69 Å². The lowest BCUT2D eigenvalue weighted by molar-refractivity contribution is 0.262. The third-order valence-electron chi connectivity index (χ3n) is 2.63. The molecular formula is C16H18N2O2. The molecule has 0 aliphatic rings. The Morgan fingerprint density at radius 2 is 1.70 bits per heavy atom. The number of amides is 2. The minimum atomic E-state index is -0.288. The average molecular weight is 270 g/mol. The van der Waals surface area contributed by atoms with E-state index in [1.807, 2.05) is 61.5 Å². The van der Waals surface area contributed by atoms with Crippen LogP contribution in [0, 0.1) is 0 Å². The summed E-state index contributed by atoms with van der Waals surface area (Å²) in [6.45, 7) is 2.66. The first-order valence-electron chi connectivity index (χ1n) is 6.64. The maximum atomic E-state index is 11.9. The minimum absolute atomic E-state index is 0.288. The Kier molecular flexibility index (Phi) is 5.00. The lowest BCUT2D eigenvalue weighted by Gasteiger charge is -2.12. The molecule has 2 N–H and O–H groups in total. The molecule has 20 heavy (non-hydrogen) atoms. The van der Waals surface area contributed by atoms with Crippen LogP contribution in [-0.4, -0.2) is 12.6 Å². The molecule has 0 aromatic heterocycles. The van der Waals surface area contributed by atoms with Crippen molar-refractivity contribution in [1.29, 1.82) is 0 Å². The number of anilines is 2. The molecule has 4 nitrogen and oxygen atoms in total. The molecule has 4 heteroatoms. The number of carbonyl (C=O) groups excluding carboxylic acids is 1. The van der Waals surface area contributed by atoms with Crippen molar-refractivity contribution in [2.75, 3.05) is 17.2 Å². The third-order valence-corrected chi connectivity index (χ3v) is 2.63. The molecular weight excluding hydrogens is 252 g/mol. The number of hydrogen-bond acceptors (Lipinski definition) is 2. The topological polar surface area (TPSA) is 50.4 Å². The zero-order chi connectivity index (χ0) is 14.2. The van der Waals surface area contributed by atoms with Gasteiger partial charge in [-0.15, -0.1) is 0 Å². The highest BCUT2D eigenvalue weighted by molar-refractivity contribution is 6.00. The quantitative estimate of drug-likeness (QED) is 0.858. The highest BCUT2D eigenvalue weighted by atomic mass is 16.5. The Morgan fingerprint density at radius 1 is 1.00 bits per heavy atom. The molecule has 0 aliphatic carbocycles. The van der Waals surface area contributed by atoms with E-state index >= 15 is 0 Å². The molecule has 0 saturated heterocycles. The number of nitrogens with one attached hydrogen (secondary N) is 2. The summed E-state index contributed by atoms with van der Waals surface area (Å²) in [4.78, 5) is 11.9. The summed E-state index contributed by atoms with van der Waals surface area (Å²) < 4.78 is 5.59. The van der Waals surface area contributed by atoms with Crippen LogP contribution >= 0.6 is 0 Å². The number of benzene rings is 2. The Balaban J connectivity index is 2.00. The van der Waals surface area contributed by atoms with Crippen molar-refractivity contribution < 1.29 is 9.53 Å². The second-order valence-electron chi connectivity index (χ2n) is 4.29. The fraction of sp³-hybridized carbons (Fsp3) is 0.188. The molecule has 0 aliphatic heterocycles. The zero-order valence-corrected chi connectivity index (χ0v) is 11.4. The second-order valence-corrected chi connectivity index (χ2v) is 4.29.